The van der Waals surface area contributed by atoms with Crippen molar-refractivity contribution in [3.05, 3.63) is 29.0 Å². The van der Waals surface area contributed by atoms with Crippen LogP contribution in [-0.2, 0) is 16.6 Å². The molecule has 8 heteroatoms. The van der Waals surface area contributed by atoms with Crippen LogP contribution < -0.4 is 4.72 Å². The average molecular weight is 302 g/mol. The standard InChI is InChI=1S/C11H14N2O4S2/c1-7(2)9-6-18-11(12-9)13-19(15,16)10-4-3-8(5-14)17-10/h3-4,6-7,14H,5H2,1-2H3,(H,12,13). The number of hydrogen-bond acceptors (Lipinski definition) is 6. The van der Waals surface area contributed by atoms with Gasteiger partial charge in [-0.2, -0.15) is 8.42 Å². The van der Waals surface area contributed by atoms with Gasteiger partial charge in [0.2, 0.25) is 5.09 Å². The number of hydrogen-bond donors (Lipinski definition) is 2. The molecule has 0 saturated carbocycles. The Labute approximate surface area is 115 Å². The van der Waals surface area contributed by atoms with Gasteiger partial charge in [0, 0.05) is 5.38 Å². The van der Waals surface area contributed by atoms with E-state index in [0.29, 0.717) is 5.13 Å². The largest absolute Gasteiger partial charge is 0.445 e. The molecule has 0 aromatic carbocycles. The molecule has 2 heterocycles. The molecule has 2 aromatic rings. The SMILES string of the molecule is CC(C)c1csc(NS(=O)(=O)c2ccc(CO)o2)n1. The van der Waals surface area contributed by atoms with Crippen LogP contribution in [0.1, 0.15) is 31.2 Å². The van der Waals surface area contributed by atoms with E-state index < -0.39 is 10.0 Å². The zero-order chi connectivity index (χ0) is 14.0. The number of anilines is 1. The van der Waals surface area contributed by atoms with Crippen molar-refractivity contribution < 1.29 is 17.9 Å². The van der Waals surface area contributed by atoms with E-state index in [2.05, 4.69) is 9.71 Å². The Kier molecular flexibility index (Phi) is 3.93. The summed E-state index contributed by atoms with van der Waals surface area (Å²) in [6.45, 7) is 3.62. The Morgan fingerprint density at radius 3 is 2.74 bits per heavy atom. The lowest BCUT2D eigenvalue weighted by Gasteiger charge is -2.02. The van der Waals surface area contributed by atoms with Crippen LogP contribution in [0.25, 0.3) is 0 Å². The fourth-order valence-corrected chi connectivity index (χ4v) is 3.43. The predicted molar refractivity (Wildman–Crippen MR) is 71.6 cm³/mol. The van der Waals surface area contributed by atoms with E-state index in [1.165, 1.54) is 23.5 Å². The van der Waals surface area contributed by atoms with E-state index in [9.17, 15) is 8.42 Å². The van der Waals surface area contributed by atoms with Gasteiger partial charge in [-0.15, -0.1) is 11.3 Å². The third-order valence-electron chi connectivity index (χ3n) is 2.39. The topological polar surface area (TPSA) is 92.4 Å². The quantitative estimate of drug-likeness (QED) is 0.883. The van der Waals surface area contributed by atoms with E-state index in [-0.39, 0.29) is 23.4 Å². The highest BCUT2D eigenvalue weighted by Gasteiger charge is 2.20. The molecule has 0 amide bonds. The van der Waals surface area contributed by atoms with Crippen molar-refractivity contribution in [2.75, 3.05) is 4.72 Å². The van der Waals surface area contributed by atoms with Crippen molar-refractivity contribution in [1.82, 2.24) is 4.98 Å². The zero-order valence-corrected chi connectivity index (χ0v) is 12.1. The van der Waals surface area contributed by atoms with Gasteiger partial charge in [0.15, 0.2) is 5.13 Å². The lowest BCUT2D eigenvalue weighted by atomic mass is 10.2. The molecule has 2 rings (SSSR count). The molecule has 0 saturated heterocycles. The molecule has 0 atom stereocenters. The maximum Gasteiger partial charge on any atom is 0.297 e. The molecule has 0 fully saturated rings. The lowest BCUT2D eigenvalue weighted by molar-refractivity contribution is 0.236. The second-order valence-corrected chi connectivity index (χ2v) is 6.69. The summed E-state index contributed by atoms with van der Waals surface area (Å²) < 4.78 is 31.3. The first-order chi connectivity index (χ1) is 8.92. The molecule has 104 valence electrons. The minimum Gasteiger partial charge on any atom is -0.445 e. The van der Waals surface area contributed by atoms with Crippen LogP contribution in [0.3, 0.4) is 0 Å². The van der Waals surface area contributed by atoms with Crippen molar-refractivity contribution >= 4 is 26.5 Å². The van der Waals surface area contributed by atoms with Crippen LogP contribution in [0.2, 0.25) is 0 Å². The zero-order valence-electron chi connectivity index (χ0n) is 10.5. The molecule has 0 radical (unpaired) electrons. The monoisotopic (exact) mass is 302 g/mol. The summed E-state index contributed by atoms with van der Waals surface area (Å²) in [5, 5.41) is 10.7. The molecule has 2 N–H and O–H groups in total. The molecule has 0 aliphatic carbocycles. The molecule has 19 heavy (non-hydrogen) atoms. The first-order valence-corrected chi connectivity index (χ1v) is 7.96. The van der Waals surface area contributed by atoms with Crippen molar-refractivity contribution in [3.8, 4) is 0 Å². The Hall–Kier alpha value is -1.38. The summed E-state index contributed by atoms with van der Waals surface area (Å²) in [6.07, 6.45) is 0. The highest BCUT2D eigenvalue weighted by atomic mass is 32.2. The number of nitrogens with zero attached hydrogens (tertiary/aromatic N) is 1. The first kappa shape index (κ1) is 14.0. The third-order valence-corrected chi connectivity index (χ3v) is 4.51. The Bertz CT molecular complexity index is 658. The Morgan fingerprint density at radius 2 is 2.21 bits per heavy atom. The van der Waals surface area contributed by atoms with E-state index >= 15 is 0 Å². The minimum absolute atomic E-state index is 0.197. The maximum atomic E-state index is 12.0. The van der Waals surface area contributed by atoms with Crippen molar-refractivity contribution in [2.24, 2.45) is 0 Å². The van der Waals surface area contributed by atoms with Gasteiger partial charge >= 0.3 is 0 Å². The van der Waals surface area contributed by atoms with Gasteiger partial charge in [0.1, 0.15) is 12.4 Å². The van der Waals surface area contributed by atoms with E-state index in [0.717, 1.165) is 5.69 Å². The highest BCUT2D eigenvalue weighted by molar-refractivity contribution is 7.92. The maximum absolute atomic E-state index is 12.0. The fourth-order valence-electron chi connectivity index (χ4n) is 1.35. The Balaban J connectivity index is 2.20. The van der Waals surface area contributed by atoms with Gasteiger partial charge in [-0.25, -0.2) is 4.98 Å². The molecule has 6 nitrogen and oxygen atoms in total. The van der Waals surface area contributed by atoms with Crippen molar-refractivity contribution in [2.45, 2.75) is 31.5 Å². The van der Waals surface area contributed by atoms with Crippen molar-refractivity contribution in [3.63, 3.8) is 0 Å². The highest BCUT2D eigenvalue weighted by Crippen LogP contribution is 2.24. The number of thiazole rings is 1. The summed E-state index contributed by atoms with van der Waals surface area (Å²) in [6, 6.07) is 2.71. The van der Waals surface area contributed by atoms with Gasteiger partial charge in [0.05, 0.1) is 5.69 Å². The Morgan fingerprint density at radius 1 is 1.47 bits per heavy atom. The van der Waals surface area contributed by atoms with Gasteiger partial charge in [0.25, 0.3) is 10.0 Å². The van der Waals surface area contributed by atoms with E-state index in [1.54, 1.807) is 0 Å². The lowest BCUT2D eigenvalue weighted by Crippen LogP contribution is -2.12. The number of aliphatic hydroxyl groups is 1. The number of furan rings is 1. The van der Waals surface area contributed by atoms with Crippen LogP contribution in [0.5, 0.6) is 0 Å². The summed E-state index contributed by atoms with van der Waals surface area (Å²) in [5.41, 5.74) is 0.832. The van der Waals surface area contributed by atoms with Crippen molar-refractivity contribution in [1.29, 1.82) is 0 Å². The van der Waals surface area contributed by atoms with Crippen LogP contribution in [-0.4, -0.2) is 18.5 Å². The molecule has 0 aliphatic rings. The second kappa shape index (κ2) is 5.32. The van der Waals surface area contributed by atoms with E-state index in [1.807, 2.05) is 19.2 Å². The van der Waals surface area contributed by atoms with Gasteiger partial charge in [-0.1, -0.05) is 13.8 Å². The average Bonchev–Trinajstić information content (AvgIpc) is 2.96. The molecule has 0 aliphatic heterocycles. The van der Waals surface area contributed by atoms with E-state index in [4.69, 9.17) is 9.52 Å². The number of aromatic nitrogens is 1. The van der Waals surface area contributed by atoms with Gasteiger partial charge in [-0.05, 0) is 18.1 Å². The van der Waals surface area contributed by atoms with Gasteiger partial charge in [-0.3, -0.25) is 4.72 Å². The third kappa shape index (κ3) is 3.14. The number of rotatable bonds is 5. The molecular weight excluding hydrogens is 288 g/mol. The number of nitrogens with one attached hydrogen (secondary N) is 1. The molecule has 2 aromatic heterocycles. The van der Waals surface area contributed by atoms with Gasteiger partial charge < -0.3 is 9.52 Å². The first-order valence-electron chi connectivity index (χ1n) is 5.60. The summed E-state index contributed by atoms with van der Waals surface area (Å²) in [4.78, 5) is 4.18. The molecular formula is C11H14N2O4S2. The number of sulfonamides is 1. The van der Waals surface area contributed by atoms with Crippen LogP contribution in [0.4, 0.5) is 5.13 Å². The summed E-state index contributed by atoms with van der Waals surface area (Å²) in [7, 11) is -3.79. The number of aliphatic hydroxyl groups excluding tert-OH is 1. The van der Waals surface area contributed by atoms with Crippen LogP contribution >= 0.6 is 11.3 Å². The van der Waals surface area contributed by atoms with Crippen LogP contribution in [0, 0.1) is 0 Å². The molecule has 0 unspecified atom stereocenters. The molecule has 0 spiro atoms. The normalized spacial score (nSPS) is 12.0. The smallest absolute Gasteiger partial charge is 0.297 e. The minimum atomic E-state index is -3.79. The summed E-state index contributed by atoms with van der Waals surface area (Å²) in [5.74, 6) is 0.432. The predicted octanol–water partition coefficient (Wildman–Crippen LogP) is 2.15. The fraction of sp³-hybridized carbons (Fsp3) is 0.364. The molecule has 0 bridgehead atoms. The summed E-state index contributed by atoms with van der Waals surface area (Å²) >= 11 is 1.22. The second-order valence-electron chi connectivity index (χ2n) is 4.22. The van der Waals surface area contributed by atoms with Crippen LogP contribution in [0.15, 0.2) is 27.0 Å².